The minimum absolute atomic E-state index is 0.297. The normalized spacial score (nSPS) is 13.0. The van der Waals surface area contributed by atoms with Gasteiger partial charge in [-0.25, -0.2) is 14.8 Å². The molecule has 1 atom stereocenters. The van der Waals surface area contributed by atoms with Crippen molar-refractivity contribution in [2.75, 3.05) is 0 Å². The number of nitrogens with zero attached hydrogens (tertiary/aromatic N) is 2. The number of hydrogen-bond acceptors (Lipinski definition) is 4. The van der Waals surface area contributed by atoms with Gasteiger partial charge in [-0.3, -0.25) is 5.84 Å². The summed E-state index contributed by atoms with van der Waals surface area (Å²) in [6.07, 6.45) is 3.50. The number of hydrazine groups is 1. The number of hydrogen-bond donors (Lipinski definition) is 2. The molecule has 0 spiro atoms. The zero-order valence-corrected chi connectivity index (χ0v) is 10.3. The molecule has 0 fully saturated rings. The fourth-order valence-electron chi connectivity index (χ4n) is 2.12. The van der Waals surface area contributed by atoms with E-state index in [0.717, 1.165) is 5.82 Å². The van der Waals surface area contributed by atoms with Crippen LogP contribution in [0.5, 0.6) is 0 Å². The summed E-state index contributed by atoms with van der Waals surface area (Å²) in [5, 5.41) is 0.699. The first-order valence-electron chi connectivity index (χ1n) is 5.81. The lowest BCUT2D eigenvalue weighted by Gasteiger charge is -2.12. The van der Waals surface area contributed by atoms with E-state index in [2.05, 4.69) is 10.4 Å². The number of benzene rings is 1. The smallest absolute Gasteiger partial charge is 0.137 e. The number of rotatable bonds is 3. The van der Waals surface area contributed by atoms with E-state index in [1.165, 1.54) is 12.1 Å². The number of aromatic nitrogens is 2. The van der Waals surface area contributed by atoms with Gasteiger partial charge in [-0.2, -0.15) is 0 Å². The Kier molecular flexibility index (Phi) is 2.81. The summed E-state index contributed by atoms with van der Waals surface area (Å²) < 4.78 is 20.7. The molecule has 0 aliphatic rings. The molecule has 5 nitrogen and oxygen atoms in total. The molecule has 1 aromatic carbocycles. The molecular weight excluding hydrogens is 247 g/mol. The van der Waals surface area contributed by atoms with Crippen LogP contribution in [0, 0.1) is 5.82 Å². The van der Waals surface area contributed by atoms with Crippen LogP contribution in [-0.2, 0) is 7.05 Å². The van der Waals surface area contributed by atoms with Crippen LogP contribution < -0.4 is 11.3 Å². The van der Waals surface area contributed by atoms with Crippen molar-refractivity contribution in [1.82, 2.24) is 15.0 Å². The number of imidazole rings is 1. The van der Waals surface area contributed by atoms with Gasteiger partial charge in [0, 0.05) is 24.8 Å². The van der Waals surface area contributed by atoms with E-state index in [1.807, 2.05) is 17.8 Å². The van der Waals surface area contributed by atoms with Crippen molar-refractivity contribution in [1.29, 1.82) is 0 Å². The van der Waals surface area contributed by atoms with Crippen molar-refractivity contribution in [3.63, 3.8) is 0 Å². The Labute approximate surface area is 108 Å². The van der Waals surface area contributed by atoms with Crippen molar-refractivity contribution >= 4 is 11.0 Å². The van der Waals surface area contributed by atoms with Crippen LogP contribution >= 0.6 is 0 Å². The monoisotopic (exact) mass is 260 g/mol. The number of furan rings is 1. The third-order valence-corrected chi connectivity index (χ3v) is 3.07. The number of halogens is 1. The second kappa shape index (κ2) is 4.49. The second-order valence-electron chi connectivity index (χ2n) is 4.33. The first-order chi connectivity index (χ1) is 9.19. The van der Waals surface area contributed by atoms with Gasteiger partial charge < -0.3 is 8.98 Å². The third kappa shape index (κ3) is 2.00. The molecule has 3 rings (SSSR count). The van der Waals surface area contributed by atoms with Crippen LogP contribution in [0.4, 0.5) is 4.39 Å². The van der Waals surface area contributed by atoms with Gasteiger partial charge >= 0.3 is 0 Å². The third-order valence-electron chi connectivity index (χ3n) is 3.07. The lowest BCUT2D eigenvalue weighted by molar-refractivity contribution is 0.457. The van der Waals surface area contributed by atoms with Gasteiger partial charge in [0.05, 0.1) is 0 Å². The number of nitrogens with one attached hydrogen (secondary N) is 1. The zero-order chi connectivity index (χ0) is 13.4. The van der Waals surface area contributed by atoms with Crippen molar-refractivity contribution < 1.29 is 8.81 Å². The minimum Gasteiger partial charge on any atom is -0.459 e. The van der Waals surface area contributed by atoms with Gasteiger partial charge in [0.1, 0.15) is 29.0 Å². The zero-order valence-electron chi connectivity index (χ0n) is 10.3. The quantitative estimate of drug-likeness (QED) is 0.557. The van der Waals surface area contributed by atoms with E-state index in [0.29, 0.717) is 16.7 Å². The Hall–Kier alpha value is -2.18. The maximum atomic E-state index is 13.2. The SMILES string of the molecule is Cn1ccnc1C(NN)c1cc2cc(F)ccc2o1. The summed E-state index contributed by atoms with van der Waals surface area (Å²) >= 11 is 0. The molecule has 2 aromatic heterocycles. The van der Waals surface area contributed by atoms with Crippen molar-refractivity contribution in [2.24, 2.45) is 12.9 Å². The first-order valence-corrected chi connectivity index (χ1v) is 5.81. The lowest BCUT2D eigenvalue weighted by Crippen LogP contribution is -2.30. The van der Waals surface area contributed by atoms with Gasteiger partial charge in [-0.05, 0) is 24.3 Å². The summed E-state index contributed by atoms with van der Waals surface area (Å²) in [6.45, 7) is 0. The minimum atomic E-state index is -0.379. The molecule has 0 radical (unpaired) electrons. The number of fused-ring (bicyclic) bond motifs is 1. The van der Waals surface area contributed by atoms with E-state index in [-0.39, 0.29) is 11.9 Å². The fraction of sp³-hybridized carbons (Fsp3) is 0.154. The molecule has 0 aliphatic carbocycles. The number of nitrogens with two attached hydrogens (primary N) is 1. The molecular formula is C13H13FN4O. The summed E-state index contributed by atoms with van der Waals surface area (Å²) in [7, 11) is 1.87. The molecule has 98 valence electrons. The standard InChI is InChI=1S/C13H13FN4O/c1-18-5-4-16-13(18)12(17-15)11-7-8-6-9(14)2-3-10(8)19-11/h2-7,12,17H,15H2,1H3. The molecule has 3 aromatic rings. The Morgan fingerprint density at radius 3 is 2.95 bits per heavy atom. The largest absolute Gasteiger partial charge is 0.459 e. The molecule has 0 bridgehead atoms. The van der Waals surface area contributed by atoms with E-state index < -0.39 is 0 Å². The summed E-state index contributed by atoms with van der Waals surface area (Å²) in [4.78, 5) is 4.24. The highest BCUT2D eigenvalue weighted by Crippen LogP contribution is 2.27. The Bertz CT molecular complexity index is 718. The molecule has 0 saturated heterocycles. The lowest BCUT2D eigenvalue weighted by atomic mass is 10.2. The summed E-state index contributed by atoms with van der Waals surface area (Å²) in [5.74, 6) is 6.60. The fourth-order valence-corrected chi connectivity index (χ4v) is 2.12. The van der Waals surface area contributed by atoms with Crippen LogP contribution in [0.2, 0.25) is 0 Å². The summed E-state index contributed by atoms with van der Waals surface area (Å²) in [6, 6.07) is 5.77. The average molecular weight is 260 g/mol. The van der Waals surface area contributed by atoms with Crippen LogP contribution in [0.25, 0.3) is 11.0 Å². The average Bonchev–Trinajstić information content (AvgIpc) is 2.97. The predicted molar refractivity (Wildman–Crippen MR) is 68.5 cm³/mol. The van der Waals surface area contributed by atoms with Crippen LogP contribution in [0.3, 0.4) is 0 Å². The molecule has 0 saturated carbocycles. The van der Waals surface area contributed by atoms with Crippen LogP contribution in [-0.4, -0.2) is 9.55 Å². The van der Waals surface area contributed by atoms with E-state index >= 15 is 0 Å². The van der Waals surface area contributed by atoms with Gasteiger partial charge in [0.15, 0.2) is 0 Å². The Balaban J connectivity index is 2.09. The topological polar surface area (TPSA) is 69.0 Å². The highest BCUT2D eigenvalue weighted by atomic mass is 19.1. The second-order valence-corrected chi connectivity index (χ2v) is 4.33. The van der Waals surface area contributed by atoms with E-state index in [4.69, 9.17) is 10.3 Å². The highest BCUT2D eigenvalue weighted by molar-refractivity contribution is 5.78. The van der Waals surface area contributed by atoms with E-state index in [9.17, 15) is 4.39 Å². The van der Waals surface area contributed by atoms with Crippen molar-refractivity contribution in [3.8, 4) is 0 Å². The maximum Gasteiger partial charge on any atom is 0.137 e. The molecule has 19 heavy (non-hydrogen) atoms. The van der Waals surface area contributed by atoms with Gasteiger partial charge in [-0.15, -0.1) is 0 Å². The van der Waals surface area contributed by atoms with Gasteiger partial charge in [-0.1, -0.05) is 0 Å². The van der Waals surface area contributed by atoms with Crippen molar-refractivity contribution in [3.05, 3.63) is 54.1 Å². The Morgan fingerprint density at radius 2 is 2.26 bits per heavy atom. The maximum absolute atomic E-state index is 13.2. The van der Waals surface area contributed by atoms with Gasteiger partial charge in [0.25, 0.3) is 0 Å². The van der Waals surface area contributed by atoms with Crippen molar-refractivity contribution in [2.45, 2.75) is 6.04 Å². The molecule has 3 N–H and O–H groups in total. The molecule has 1 unspecified atom stereocenters. The van der Waals surface area contributed by atoms with E-state index in [1.54, 1.807) is 18.3 Å². The van der Waals surface area contributed by atoms with Crippen LogP contribution in [0.1, 0.15) is 17.6 Å². The highest BCUT2D eigenvalue weighted by Gasteiger charge is 2.21. The first kappa shape index (κ1) is 11.9. The van der Waals surface area contributed by atoms with Gasteiger partial charge in [0.2, 0.25) is 0 Å². The summed E-state index contributed by atoms with van der Waals surface area (Å²) in [5.41, 5.74) is 3.28. The molecule has 0 aliphatic heterocycles. The van der Waals surface area contributed by atoms with Crippen LogP contribution in [0.15, 0.2) is 41.1 Å². The number of aryl methyl sites for hydroxylation is 1. The molecule has 2 heterocycles. The molecule has 6 heteroatoms. The molecule has 0 amide bonds. The Morgan fingerprint density at radius 1 is 1.42 bits per heavy atom. The predicted octanol–water partition coefficient (Wildman–Crippen LogP) is 1.86.